The first-order valence-electron chi connectivity index (χ1n) is 6.69. The van der Waals surface area contributed by atoms with Crippen LogP contribution in [0.2, 0.25) is 0 Å². The van der Waals surface area contributed by atoms with Gasteiger partial charge in [0.25, 0.3) is 0 Å². The maximum atomic E-state index is 12.1. The number of urea groups is 1. The number of carboxylic acids is 1. The lowest BCUT2D eigenvalue weighted by Crippen LogP contribution is -2.52. The second kappa shape index (κ2) is 6.40. The van der Waals surface area contributed by atoms with Gasteiger partial charge in [0.15, 0.2) is 5.69 Å². The number of aromatic carboxylic acids is 1. The topological polar surface area (TPSA) is 91.8 Å². The standard InChI is InChI=1S/C13H19N3O4S/c1-13(20-2)4-3-5-16(8-13)12(19)14-6-10-15-9(7-21-10)11(17)18/h7H,3-6,8H2,1-2H3,(H,14,19)(H,17,18). The Morgan fingerprint density at radius 1 is 1.62 bits per heavy atom. The Bertz CT molecular complexity index is 533. The molecule has 21 heavy (non-hydrogen) atoms. The zero-order valence-electron chi connectivity index (χ0n) is 12.1. The first kappa shape index (κ1) is 15.7. The number of hydrogen-bond acceptors (Lipinski definition) is 5. The van der Waals surface area contributed by atoms with E-state index in [0.717, 1.165) is 12.8 Å². The van der Waals surface area contributed by atoms with Gasteiger partial charge < -0.3 is 20.1 Å². The van der Waals surface area contributed by atoms with Gasteiger partial charge in [0.2, 0.25) is 0 Å². The van der Waals surface area contributed by atoms with Crippen molar-refractivity contribution in [2.24, 2.45) is 0 Å². The van der Waals surface area contributed by atoms with Crippen molar-refractivity contribution in [2.75, 3.05) is 20.2 Å². The summed E-state index contributed by atoms with van der Waals surface area (Å²) in [6.07, 6.45) is 1.83. The Hall–Kier alpha value is -1.67. The van der Waals surface area contributed by atoms with Crippen LogP contribution in [0.1, 0.15) is 35.3 Å². The maximum Gasteiger partial charge on any atom is 0.355 e. The van der Waals surface area contributed by atoms with Gasteiger partial charge in [0.05, 0.1) is 18.7 Å². The van der Waals surface area contributed by atoms with Crippen molar-refractivity contribution in [3.05, 3.63) is 16.1 Å². The predicted molar refractivity (Wildman–Crippen MR) is 77.5 cm³/mol. The summed E-state index contributed by atoms with van der Waals surface area (Å²) in [4.78, 5) is 28.5. The molecule has 0 bridgehead atoms. The fourth-order valence-corrected chi connectivity index (χ4v) is 3.01. The van der Waals surface area contributed by atoms with Gasteiger partial charge in [-0.15, -0.1) is 11.3 Å². The lowest BCUT2D eigenvalue weighted by Gasteiger charge is -2.39. The van der Waals surface area contributed by atoms with Crippen LogP contribution in [0.4, 0.5) is 4.79 Å². The first-order chi connectivity index (χ1) is 9.93. The summed E-state index contributed by atoms with van der Waals surface area (Å²) < 4.78 is 5.45. The number of rotatable bonds is 4. The quantitative estimate of drug-likeness (QED) is 0.880. The van der Waals surface area contributed by atoms with E-state index in [1.54, 1.807) is 12.0 Å². The summed E-state index contributed by atoms with van der Waals surface area (Å²) in [7, 11) is 1.66. The van der Waals surface area contributed by atoms with E-state index in [-0.39, 0.29) is 23.9 Å². The number of nitrogens with zero attached hydrogens (tertiary/aromatic N) is 2. The molecule has 1 fully saturated rings. The number of thiazole rings is 1. The number of aromatic nitrogens is 1. The lowest BCUT2D eigenvalue weighted by atomic mass is 9.95. The number of carbonyl (C=O) groups excluding carboxylic acids is 1. The molecule has 116 valence electrons. The number of methoxy groups -OCH3 is 1. The molecule has 1 unspecified atom stereocenters. The van der Waals surface area contributed by atoms with Crippen molar-refractivity contribution < 1.29 is 19.4 Å². The Morgan fingerprint density at radius 3 is 3.00 bits per heavy atom. The molecule has 1 atom stereocenters. The average molecular weight is 313 g/mol. The van der Waals surface area contributed by atoms with Crippen LogP contribution in [-0.4, -0.2) is 52.8 Å². The van der Waals surface area contributed by atoms with Gasteiger partial charge in [-0.2, -0.15) is 0 Å². The molecule has 0 saturated carbocycles. The Morgan fingerprint density at radius 2 is 2.38 bits per heavy atom. The molecule has 8 heteroatoms. The van der Waals surface area contributed by atoms with Gasteiger partial charge in [-0.05, 0) is 19.8 Å². The van der Waals surface area contributed by atoms with Crippen LogP contribution in [0.5, 0.6) is 0 Å². The van der Waals surface area contributed by atoms with E-state index in [1.165, 1.54) is 16.7 Å². The number of carbonyl (C=O) groups is 2. The van der Waals surface area contributed by atoms with E-state index in [1.807, 2.05) is 6.92 Å². The van der Waals surface area contributed by atoms with Crippen LogP contribution >= 0.6 is 11.3 Å². The molecule has 0 radical (unpaired) electrons. The Labute approximate surface area is 126 Å². The van der Waals surface area contributed by atoms with E-state index in [0.29, 0.717) is 18.1 Å². The average Bonchev–Trinajstić information content (AvgIpc) is 2.94. The third-order valence-electron chi connectivity index (χ3n) is 3.60. The van der Waals surface area contributed by atoms with Gasteiger partial charge in [0.1, 0.15) is 5.01 Å². The van der Waals surface area contributed by atoms with E-state index in [4.69, 9.17) is 9.84 Å². The summed E-state index contributed by atoms with van der Waals surface area (Å²) >= 11 is 1.22. The first-order valence-corrected chi connectivity index (χ1v) is 7.57. The minimum atomic E-state index is -1.06. The molecule has 2 rings (SSSR count). The van der Waals surface area contributed by atoms with Gasteiger partial charge >= 0.3 is 12.0 Å². The molecule has 1 saturated heterocycles. The number of likely N-dealkylation sites (tertiary alicyclic amines) is 1. The van der Waals surface area contributed by atoms with Gasteiger partial charge in [0, 0.05) is 19.0 Å². The largest absolute Gasteiger partial charge is 0.476 e. The Kier molecular flexibility index (Phi) is 4.79. The van der Waals surface area contributed by atoms with Gasteiger partial charge in [-0.25, -0.2) is 14.6 Å². The highest BCUT2D eigenvalue weighted by Gasteiger charge is 2.32. The molecule has 7 nitrogen and oxygen atoms in total. The second-order valence-electron chi connectivity index (χ2n) is 5.27. The molecular weight excluding hydrogens is 294 g/mol. The monoisotopic (exact) mass is 313 g/mol. The number of nitrogens with one attached hydrogen (secondary N) is 1. The third-order valence-corrected chi connectivity index (χ3v) is 4.45. The molecule has 1 aliphatic heterocycles. The van der Waals surface area contributed by atoms with Crippen LogP contribution in [0.25, 0.3) is 0 Å². The summed E-state index contributed by atoms with van der Waals surface area (Å²) in [5, 5.41) is 13.6. The minimum absolute atomic E-state index is 0.00850. The van der Waals surface area contributed by atoms with E-state index < -0.39 is 5.97 Å². The number of hydrogen-bond donors (Lipinski definition) is 2. The molecule has 2 heterocycles. The number of amides is 2. The highest BCUT2D eigenvalue weighted by molar-refractivity contribution is 7.09. The number of carboxylic acid groups (broad SMARTS) is 1. The summed E-state index contributed by atoms with van der Waals surface area (Å²) in [6.45, 7) is 3.47. The van der Waals surface area contributed by atoms with E-state index in [9.17, 15) is 9.59 Å². The second-order valence-corrected chi connectivity index (χ2v) is 6.21. The van der Waals surface area contributed by atoms with Crippen LogP contribution in [0, 0.1) is 0 Å². The van der Waals surface area contributed by atoms with Crippen molar-refractivity contribution >= 4 is 23.3 Å². The zero-order chi connectivity index (χ0) is 15.5. The molecule has 1 aromatic rings. The van der Waals surface area contributed by atoms with Crippen molar-refractivity contribution in [3.8, 4) is 0 Å². The van der Waals surface area contributed by atoms with Crippen LogP contribution < -0.4 is 5.32 Å². The molecule has 2 amide bonds. The SMILES string of the molecule is COC1(C)CCCN(C(=O)NCc2nc(C(=O)O)cs2)C1. The molecule has 2 N–H and O–H groups in total. The number of piperidine rings is 1. The maximum absolute atomic E-state index is 12.1. The van der Waals surface area contributed by atoms with Crippen molar-refractivity contribution in [2.45, 2.75) is 31.9 Å². The smallest absolute Gasteiger partial charge is 0.355 e. The van der Waals surface area contributed by atoms with E-state index >= 15 is 0 Å². The molecule has 1 aromatic heterocycles. The zero-order valence-corrected chi connectivity index (χ0v) is 12.9. The third kappa shape index (κ3) is 3.92. The van der Waals surface area contributed by atoms with Crippen LogP contribution in [0.15, 0.2) is 5.38 Å². The van der Waals surface area contributed by atoms with Crippen molar-refractivity contribution in [1.29, 1.82) is 0 Å². The van der Waals surface area contributed by atoms with Crippen molar-refractivity contribution in [3.63, 3.8) is 0 Å². The van der Waals surface area contributed by atoms with Gasteiger partial charge in [-0.3, -0.25) is 0 Å². The van der Waals surface area contributed by atoms with Crippen molar-refractivity contribution in [1.82, 2.24) is 15.2 Å². The van der Waals surface area contributed by atoms with E-state index in [2.05, 4.69) is 10.3 Å². The van der Waals surface area contributed by atoms with Crippen LogP contribution in [-0.2, 0) is 11.3 Å². The summed E-state index contributed by atoms with van der Waals surface area (Å²) in [6, 6.07) is -0.176. The molecule has 0 aromatic carbocycles. The highest BCUT2D eigenvalue weighted by Crippen LogP contribution is 2.23. The highest BCUT2D eigenvalue weighted by atomic mass is 32.1. The minimum Gasteiger partial charge on any atom is -0.476 e. The fraction of sp³-hybridized carbons (Fsp3) is 0.615. The molecule has 1 aliphatic rings. The van der Waals surface area contributed by atoms with Crippen LogP contribution in [0.3, 0.4) is 0 Å². The molecular formula is C13H19N3O4S. The summed E-state index contributed by atoms with van der Waals surface area (Å²) in [5.41, 5.74) is -0.290. The Balaban J connectivity index is 1.87. The predicted octanol–water partition coefficient (Wildman–Crippen LogP) is 1.55. The fourth-order valence-electron chi connectivity index (χ4n) is 2.30. The van der Waals surface area contributed by atoms with Gasteiger partial charge in [-0.1, -0.05) is 0 Å². The molecule has 0 aliphatic carbocycles. The number of ether oxygens (including phenoxy) is 1. The normalized spacial score (nSPS) is 22.1. The molecule has 0 spiro atoms. The lowest BCUT2D eigenvalue weighted by molar-refractivity contribution is -0.0401. The summed E-state index contributed by atoms with van der Waals surface area (Å²) in [5.74, 6) is -1.06.